The van der Waals surface area contributed by atoms with Crippen molar-refractivity contribution in [1.82, 2.24) is 0 Å². The van der Waals surface area contributed by atoms with Gasteiger partial charge in [0.05, 0.1) is 0 Å². The van der Waals surface area contributed by atoms with Gasteiger partial charge in [0, 0.05) is 0 Å². The molecule has 1 unspecified atom stereocenters. The molecule has 3 aromatic rings. The molecule has 0 heterocycles. The van der Waals surface area contributed by atoms with E-state index in [1.165, 1.54) is 11.1 Å². The van der Waals surface area contributed by atoms with Crippen molar-refractivity contribution in [3.63, 3.8) is 0 Å². The summed E-state index contributed by atoms with van der Waals surface area (Å²) in [4.78, 5) is 0. The van der Waals surface area contributed by atoms with E-state index in [1.54, 1.807) is 11.6 Å². The molecule has 4 heteroatoms. The van der Waals surface area contributed by atoms with Crippen molar-refractivity contribution in [3.8, 4) is 0 Å². The normalized spacial score (nSPS) is 17.0. The minimum absolute atomic E-state index is 0. The van der Waals surface area contributed by atoms with Gasteiger partial charge in [-0.15, -0.1) is 24.8 Å². The summed E-state index contributed by atoms with van der Waals surface area (Å²) in [5.41, 5.74) is 2.88. The van der Waals surface area contributed by atoms with Gasteiger partial charge < -0.3 is 0 Å². The molecule has 0 saturated carbocycles. The van der Waals surface area contributed by atoms with E-state index in [2.05, 4.69) is 123 Å². The summed E-state index contributed by atoms with van der Waals surface area (Å²) < 4.78 is 5.18. The van der Waals surface area contributed by atoms with E-state index < -0.39 is 14.0 Å². The Morgan fingerprint density at radius 2 is 1.30 bits per heavy atom. The van der Waals surface area contributed by atoms with Gasteiger partial charge in [-0.2, -0.15) is 0 Å². The molecular formula is C26H26Cl2SiTi. The summed E-state index contributed by atoms with van der Waals surface area (Å²) in [5.74, 6) is 0. The van der Waals surface area contributed by atoms with Gasteiger partial charge in [0.15, 0.2) is 0 Å². The van der Waals surface area contributed by atoms with E-state index >= 15 is 0 Å². The molecule has 0 radical (unpaired) electrons. The van der Waals surface area contributed by atoms with Crippen molar-refractivity contribution in [3.05, 3.63) is 124 Å². The summed E-state index contributed by atoms with van der Waals surface area (Å²) in [6.45, 7) is 0. The van der Waals surface area contributed by atoms with Crippen molar-refractivity contribution in [1.29, 1.82) is 0 Å². The van der Waals surface area contributed by atoms with Crippen LogP contribution in [0, 0.1) is 0 Å². The van der Waals surface area contributed by atoms with Crippen LogP contribution in [-0.4, -0.2) is 7.63 Å². The Morgan fingerprint density at radius 1 is 0.733 bits per heavy atom. The summed E-state index contributed by atoms with van der Waals surface area (Å²) >= 11 is -3.66. The average molecular weight is 485 g/mol. The van der Waals surface area contributed by atoms with Crippen molar-refractivity contribution in [2.45, 2.75) is 10.6 Å². The molecule has 1 atom stereocenters. The van der Waals surface area contributed by atoms with Crippen LogP contribution in [0.5, 0.6) is 0 Å². The topological polar surface area (TPSA) is 0 Å². The molecule has 0 nitrogen and oxygen atoms in total. The Labute approximate surface area is 194 Å². The summed E-state index contributed by atoms with van der Waals surface area (Å²) in [6, 6.07) is 31.8. The zero-order chi connectivity index (χ0) is 19.1. The van der Waals surface area contributed by atoms with Crippen LogP contribution < -0.4 is 7.74 Å². The molecule has 2 aliphatic rings. The minimum atomic E-state index is -3.66. The fraction of sp³-hybridized carbons (Fsp3) is 0.0769. The molecule has 30 heavy (non-hydrogen) atoms. The molecule has 0 aliphatic heterocycles. The molecule has 0 amide bonds. The van der Waals surface area contributed by atoms with E-state index in [1.807, 2.05) is 0 Å². The summed E-state index contributed by atoms with van der Waals surface area (Å²) in [7, 11) is 2.35. The van der Waals surface area contributed by atoms with E-state index in [0.29, 0.717) is 4.22 Å². The van der Waals surface area contributed by atoms with Gasteiger partial charge in [0.25, 0.3) is 0 Å². The first-order chi connectivity index (χ1) is 13.7. The second-order valence-electron chi connectivity index (χ2n) is 8.06. The second-order valence-corrected chi connectivity index (χ2v) is 22.7. The molecular weight excluding hydrogens is 459 g/mol. The molecule has 5 rings (SSSR count). The van der Waals surface area contributed by atoms with Gasteiger partial charge in [-0.1, -0.05) is 0 Å². The molecule has 0 N–H and O–H groups in total. The predicted molar refractivity (Wildman–Crippen MR) is 135 cm³/mol. The SMILES string of the molecule is Cl.Cl.[SiH2]=[Ti]([C]1=CC=CC1)([c]1ccccc1)([c]1ccccc1)[CH]1C=Cc2ccccc21. The third-order valence-corrected chi connectivity index (χ3v) is 24.9. The van der Waals surface area contributed by atoms with E-state index in [9.17, 15) is 0 Å². The van der Waals surface area contributed by atoms with Crippen LogP contribution in [0.2, 0.25) is 0 Å². The summed E-state index contributed by atoms with van der Waals surface area (Å²) in [5, 5.41) is 0. The first-order valence-corrected chi connectivity index (χ1v) is 17.3. The van der Waals surface area contributed by atoms with Crippen molar-refractivity contribution >= 4 is 46.3 Å². The van der Waals surface area contributed by atoms with Gasteiger partial charge in [-0.3, -0.25) is 0 Å². The van der Waals surface area contributed by atoms with Gasteiger partial charge in [-0.25, -0.2) is 0 Å². The van der Waals surface area contributed by atoms with Crippen LogP contribution in [-0.2, 0) is 14.0 Å². The van der Waals surface area contributed by atoms with Crippen LogP contribution in [0.15, 0.2) is 113 Å². The van der Waals surface area contributed by atoms with Crippen molar-refractivity contribution in [2.75, 3.05) is 0 Å². The van der Waals surface area contributed by atoms with Gasteiger partial charge in [0.2, 0.25) is 0 Å². The number of benzene rings is 3. The fourth-order valence-electron chi connectivity index (χ4n) is 5.41. The molecule has 152 valence electrons. The Morgan fingerprint density at radius 3 is 1.87 bits per heavy atom. The number of allylic oxidation sites excluding steroid dienone is 5. The maximum atomic E-state index is 2.51. The number of halogens is 2. The fourth-order valence-corrected chi connectivity index (χ4v) is 20.3. The van der Waals surface area contributed by atoms with E-state index in [4.69, 9.17) is 0 Å². The van der Waals surface area contributed by atoms with E-state index in [-0.39, 0.29) is 24.8 Å². The number of hydrogen-bond donors (Lipinski definition) is 0. The quantitative estimate of drug-likeness (QED) is 0.439. The zero-order valence-electron chi connectivity index (χ0n) is 16.8. The van der Waals surface area contributed by atoms with Gasteiger partial charge in [0.1, 0.15) is 0 Å². The summed E-state index contributed by atoms with van der Waals surface area (Å²) in [6.07, 6.45) is 13.0. The monoisotopic (exact) mass is 484 g/mol. The molecule has 2 aliphatic carbocycles. The van der Waals surface area contributed by atoms with Crippen LogP contribution in [0.1, 0.15) is 21.8 Å². The van der Waals surface area contributed by atoms with Crippen molar-refractivity contribution < 1.29 is 14.0 Å². The third kappa shape index (κ3) is 3.16. The molecule has 0 saturated heterocycles. The molecule has 0 bridgehead atoms. The van der Waals surface area contributed by atoms with Crippen LogP contribution in [0.25, 0.3) is 6.08 Å². The average Bonchev–Trinajstić information content (AvgIpc) is 3.46. The maximum absolute atomic E-state index is 3.66. The number of fused-ring (bicyclic) bond motifs is 1. The zero-order valence-corrected chi connectivity index (χ0v) is 21.4. The van der Waals surface area contributed by atoms with Crippen molar-refractivity contribution in [2.24, 2.45) is 0 Å². The molecule has 0 spiro atoms. The number of hydrogen-bond acceptors (Lipinski definition) is 0. The first kappa shape index (κ1) is 23.1. The van der Waals surface area contributed by atoms with Crippen LogP contribution in [0.4, 0.5) is 0 Å². The predicted octanol–water partition coefficient (Wildman–Crippen LogP) is 5.33. The standard InChI is InChI=1S/C9H7.2C6H5.C5H5.2ClH.H2Si.Ti/c1-2-5-9-7-3-6-8(9)4-1;2*1-2-4-6-5-3-1;1-2-4-5-3-1;;;;/h1-7H;2*1-5H;1-3H,4H2;2*1H;1H2;. The number of rotatable bonds is 4. The van der Waals surface area contributed by atoms with E-state index in [0.717, 1.165) is 6.42 Å². The Balaban J connectivity index is 0.00000128. The Hall–Kier alpha value is -1.61. The molecule has 0 fully saturated rings. The Bertz CT molecular complexity index is 1150. The molecule has 3 aromatic carbocycles. The van der Waals surface area contributed by atoms with Gasteiger partial charge in [-0.05, 0) is 0 Å². The first-order valence-electron chi connectivity index (χ1n) is 10.0. The molecule has 0 aromatic heterocycles. The van der Waals surface area contributed by atoms with Crippen LogP contribution >= 0.6 is 24.8 Å². The third-order valence-electron chi connectivity index (χ3n) is 6.86. The van der Waals surface area contributed by atoms with Crippen LogP contribution in [0.3, 0.4) is 0 Å². The second kappa shape index (κ2) is 8.86. The van der Waals surface area contributed by atoms with Gasteiger partial charge >= 0.3 is 170 Å². The Kier molecular flexibility index (Phi) is 6.81.